The lowest BCUT2D eigenvalue weighted by atomic mass is 10.2. The number of nitrogens with one attached hydrogen (secondary N) is 1. The summed E-state index contributed by atoms with van der Waals surface area (Å²) in [5, 5.41) is 14.1. The van der Waals surface area contributed by atoms with Crippen LogP contribution in [0.15, 0.2) is 16.6 Å². The first-order valence-electron chi connectivity index (χ1n) is 4.96. The van der Waals surface area contributed by atoms with E-state index in [2.05, 4.69) is 21.2 Å². The van der Waals surface area contributed by atoms with Crippen LogP contribution in [0.2, 0.25) is 5.02 Å². The monoisotopic (exact) mass is 304 g/mol. The van der Waals surface area contributed by atoms with E-state index in [1.54, 1.807) is 12.1 Å². The highest BCUT2D eigenvalue weighted by molar-refractivity contribution is 9.10. The number of halogens is 2. The molecule has 0 bridgehead atoms. The van der Waals surface area contributed by atoms with Gasteiger partial charge in [-0.3, -0.25) is 10.1 Å². The molecule has 6 heteroatoms. The highest BCUT2D eigenvalue weighted by Gasteiger charge is 2.24. The zero-order valence-electron chi connectivity index (χ0n) is 8.37. The van der Waals surface area contributed by atoms with E-state index in [0.717, 1.165) is 6.54 Å². The first kappa shape index (κ1) is 11.7. The summed E-state index contributed by atoms with van der Waals surface area (Å²) in [6, 6.07) is 3.39. The molecule has 1 saturated carbocycles. The second kappa shape index (κ2) is 4.59. The van der Waals surface area contributed by atoms with Gasteiger partial charge in [-0.25, -0.2) is 0 Å². The molecule has 2 rings (SSSR count). The summed E-state index contributed by atoms with van der Waals surface area (Å²) in [6.07, 6.45) is 2.40. The summed E-state index contributed by atoms with van der Waals surface area (Å²) in [5.74, 6) is 0.655. The van der Waals surface area contributed by atoms with Crippen LogP contribution >= 0.6 is 27.5 Å². The molecule has 4 nitrogen and oxygen atoms in total. The number of hydrogen-bond acceptors (Lipinski definition) is 3. The van der Waals surface area contributed by atoms with Crippen LogP contribution in [-0.2, 0) is 0 Å². The van der Waals surface area contributed by atoms with Crippen molar-refractivity contribution in [3.8, 4) is 0 Å². The van der Waals surface area contributed by atoms with Crippen LogP contribution in [0.1, 0.15) is 12.8 Å². The molecule has 0 unspecified atom stereocenters. The minimum absolute atomic E-state index is 0.0586. The van der Waals surface area contributed by atoms with Gasteiger partial charge >= 0.3 is 5.69 Å². The Morgan fingerprint density at radius 3 is 2.81 bits per heavy atom. The molecule has 1 aromatic carbocycles. The molecule has 0 atom stereocenters. The van der Waals surface area contributed by atoms with Gasteiger partial charge in [0.05, 0.1) is 4.92 Å². The summed E-state index contributed by atoms with van der Waals surface area (Å²) < 4.78 is 0.540. The minimum atomic E-state index is -0.456. The van der Waals surface area contributed by atoms with Crippen LogP contribution in [0.25, 0.3) is 0 Å². The topological polar surface area (TPSA) is 55.2 Å². The van der Waals surface area contributed by atoms with Crippen molar-refractivity contribution in [2.45, 2.75) is 12.8 Å². The lowest BCUT2D eigenvalue weighted by Crippen LogP contribution is -2.06. The van der Waals surface area contributed by atoms with E-state index in [1.807, 2.05) is 0 Å². The van der Waals surface area contributed by atoms with E-state index in [1.165, 1.54) is 12.8 Å². The third-order valence-electron chi connectivity index (χ3n) is 2.53. The molecule has 86 valence electrons. The molecule has 0 spiro atoms. The first-order valence-corrected chi connectivity index (χ1v) is 6.13. The highest BCUT2D eigenvalue weighted by atomic mass is 79.9. The maximum Gasteiger partial charge on any atom is 0.311 e. The molecule has 0 aromatic heterocycles. The van der Waals surface area contributed by atoms with Crippen molar-refractivity contribution in [1.82, 2.24) is 0 Å². The fourth-order valence-corrected chi connectivity index (χ4v) is 1.99. The smallest absolute Gasteiger partial charge is 0.311 e. The number of rotatable bonds is 4. The van der Waals surface area contributed by atoms with Crippen LogP contribution in [0, 0.1) is 16.0 Å². The zero-order chi connectivity index (χ0) is 11.7. The quantitative estimate of drug-likeness (QED) is 0.679. The minimum Gasteiger partial charge on any atom is -0.379 e. The Kier molecular flexibility index (Phi) is 3.35. The molecule has 0 saturated heterocycles. The van der Waals surface area contributed by atoms with Gasteiger partial charge < -0.3 is 5.32 Å². The number of nitro groups is 1. The molecule has 0 radical (unpaired) electrons. The Hall–Kier alpha value is -0.810. The molecule has 1 aromatic rings. The lowest BCUT2D eigenvalue weighted by Gasteiger charge is -2.08. The van der Waals surface area contributed by atoms with E-state index in [0.29, 0.717) is 16.1 Å². The standard InChI is InChI=1S/C10H10BrClN2O2/c11-7-3-4-8(13-5-6-1-2-6)10(9(7)12)14(15)16/h3-4,6,13H,1-2,5H2. The van der Waals surface area contributed by atoms with Gasteiger partial charge in [-0.05, 0) is 46.8 Å². The van der Waals surface area contributed by atoms with E-state index in [-0.39, 0.29) is 10.7 Å². The van der Waals surface area contributed by atoms with Crippen molar-refractivity contribution < 1.29 is 4.92 Å². The van der Waals surface area contributed by atoms with E-state index in [9.17, 15) is 10.1 Å². The van der Waals surface area contributed by atoms with Crippen LogP contribution in [0.5, 0.6) is 0 Å². The molecule has 0 aliphatic heterocycles. The normalized spacial score (nSPS) is 14.9. The first-order chi connectivity index (χ1) is 7.59. The van der Waals surface area contributed by atoms with Crippen molar-refractivity contribution in [2.75, 3.05) is 11.9 Å². The molecular formula is C10H10BrClN2O2. The highest BCUT2D eigenvalue weighted by Crippen LogP contribution is 2.39. The summed E-state index contributed by atoms with van der Waals surface area (Å²) in [7, 11) is 0. The number of nitrogens with zero attached hydrogens (tertiary/aromatic N) is 1. The molecule has 0 heterocycles. The fourth-order valence-electron chi connectivity index (χ4n) is 1.44. The molecule has 0 amide bonds. The van der Waals surface area contributed by atoms with Crippen LogP contribution < -0.4 is 5.32 Å². The second-order valence-corrected chi connectivity index (χ2v) is 5.07. The average molecular weight is 306 g/mol. The number of anilines is 1. The number of benzene rings is 1. The summed E-state index contributed by atoms with van der Waals surface area (Å²) in [4.78, 5) is 10.5. The van der Waals surface area contributed by atoms with Gasteiger partial charge in [-0.2, -0.15) is 0 Å². The Morgan fingerprint density at radius 2 is 2.25 bits per heavy atom. The van der Waals surface area contributed by atoms with Crippen molar-refractivity contribution >= 4 is 38.9 Å². The van der Waals surface area contributed by atoms with Crippen molar-refractivity contribution in [2.24, 2.45) is 5.92 Å². The predicted octanol–water partition coefficient (Wildman–Crippen LogP) is 3.83. The molecular weight excluding hydrogens is 295 g/mol. The third kappa shape index (κ3) is 2.47. The maximum atomic E-state index is 10.9. The molecule has 1 N–H and O–H groups in total. The second-order valence-electron chi connectivity index (χ2n) is 3.84. The molecule has 1 fully saturated rings. The fraction of sp³-hybridized carbons (Fsp3) is 0.400. The van der Waals surface area contributed by atoms with Gasteiger partial charge in [0.1, 0.15) is 10.7 Å². The van der Waals surface area contributed by atoms with Gasteiger partial charge in [0.25, 0.3) is 0 Å². The third-order valence-corrected chi connectivity index (χ3v) is 3.80. The number of hydrogen-bond donors (Lipinski definition) is 1. The number of nitro benzene ring substituents is 1. The van der Waals surface area contributed by atoms with E-state index < -0.39 is 4.92 Å². The van der Waals surface area contributed by atoms with Gasteiger partial charge in [0, 0.05) is 11.0 Å². The van der Waals surface area contributed by atoms with Gasteiger partial charge in [0.15, 0.2) is 0 Å². The molecule has 1 aliphatic carbocycles. The van der Waals surface area contributed by atoms with Gasteiger partial charge in [-0.1, -0.05) is 11.6 Å². The van der Waals surface area contributed by atoms with Crippen LogP contribution in [-0.4, -0.2) is 11.5 Å². The maximum absolute atomic E-state index is 10.9. The van der Waals surface area contributed by atoms with E-state index in [4.69, 9.17) is 11.6 Å². The van der Waals surface area contributed by atoms with Crippen molar-refractivity contribution in [3.05, 3.63) is 31.7 Å². The molecule has 1 aliphatic rings. The Labute approximate surface area is 106 Å². The van der Waals surface area contributed by atoms with Gasteiger partial charge in [-0.15, -0.1) is 0 Å². The van der Waals surface area contributed by atoms with Crippen molar-refractivity contribution in [1.29, 1.82) is 0 Å². The average Bonchev–Trinajstić information content (AvgIpc) is 3.03. The van der Waals surface area contributed by atoms with Crippen molar-refractivity contribution in [3.63, 3.8) is 0 Å². The Balaban J connectivity index is 2.27. The Morgan fingerprint density at radius 1 is 1.56 bits per heavy atom. The summed E-state index contributed by atoms with van der Waals surface area (Å²) in [5.41, 5.74) is 0.432. The summed E-state index contributed by atoms with van der Waals surface area (Å²) in [6.45, 7) is 0.777. The SMILES string of the molecule is O=[N+]([O-])c1c(NCC2CC2)ccc(Br)c1Cl. The van der Waals surface area contributed by atoms with Gasteiger partial charge in [0.2, 0.25) is 0 Å². The van der Waals surface area contributed by atoms with Crippen LogP contribution in [0.4, 0.5) is 11.4 Å². The zero-order valence-corrected chi connectivity index (χ0v) is 10.7. The van der Waals surface area contributed by atoms with E-state index >= 15 is 0 Å². The van der Waals surface area contributed by atoms with Crippen LogP contribution in [0.3, 0.4) is 0 Å². The lowest BCUT2D eigenvalue weighted by molar-refractivity contribution is -0.383. The summed E-state index contributed by atoms with van der Waals surface area (Å²) >= 11 is 9.07. The predicted molar refractivity (Wildman–Crippen MR) is 67.0 cm³/mol. The molecule has 16 heavy (non-hydrogen) atoms. The Bertz CT molecular complexity index is 435. The largest absolute Gasteiger partial charge is 0.379 e.